The monoisotopic (exact) mass is 368 g/mol. The van der Waals surface area contributed by atoms with Gasteiger partial charge in [-0.2, -0.15) is 0 Å². The van der Waals surface area contributed by atoms with E-state index < -0.39 is 0 Å². The van der Waals surface area contributed by atoms with E-state index in [-0.39, 0.29) is 5.41 Å². The summed E-state index contributed by atoms with van der Waals surface area (Å²) in [5.74, 6) is 0.972. The summed E-state index contributed by atoms with van der Waals surface area (Å²) in [7, 11) is 0. The molecule has 0 aromatic heterocycles. The largest absolute Gasteiger partial charge is 0.494 e. The summed E-state index contributed by atoms with van der Waals surface area (Å²) in [6.07, 6.45) is 6.38. The minimum atomic E-state index is 0.225. The summed E-state index contributed by atoms with van der Waals surface area (Å²) in [6.45, 7) is 26.2. The minimum absolute atomic E-state index is 0.225. The Hall–Kier alpha value is -0.980. The molecule has 0 bridgehead atoms. The minimum Gasteiger partial charge on any atom is -0.494 e. The van der Waals surface area contributed by atoms with Crippen LogP contribution in [0, 0.1) is 0 Å². The lowest BCUT2D eigenvalue weighted by molar-refractivity contribution is 0.317. The molecule has 0 aliphatic rings. The molecule has 0 heterocycles. The molecule has 0 aliphatic carbocycles. The van der Waals surface area contributed by atoms with Crippen molar-refractivity contribution in [3.63, 3.8) is 0 Å². The molecule has 1 rings (SSSR count). The normalized spacial score (nSPS) is 8.92. The van der Waals surface area contributed by atoms with Gasteiger partial charge in [0.1, 0.15) is 5.75 Å². The van der Waals surface area contributed by atoms with Gasteiger partial charge >= 0.3 is 0 Å². The number of hydrogen-bond donors (Lipinski definition) is 0. The van der Waals surface area contributed by atoms with Gasteiger partial charge < -0.3 is 4.74 Å². The van der Waals surface area contributed by atoms with Gasteiger partial charge in [0.2, 0.25) is 0 Å². The van der Waals surface area contributed by atoms with Gasteiger partial charge in [0, 0.05) is 0 Å². The van der Waals surface area contributed by atoms with Gasteiger partial charge in [0.25, 0.3) is 0 Å². The van der Waals surface area contributed by atoms with Crippen LogP contribution in [0.4, 0.5) is 0 Å². The SMILES string of the molecule is CC.CC.CCC.CCCCC.CCCOc1ccc(C(C)(C)C)cc1. The summed E-state index contributed by atoms with van der Waals surface area (Å²) in [6, 6.07) is 8.39. The van der Waals surface area contributed by atoms with Crippen molar-refractivity contribution in [2.75, 3.05) is 6.61 Å². The molecule has 0 atom stereocenters. The fourth-order valence-electron chi connectivity index (χ4n) is 1.62. The van der Waals surface area contributed by atoms with Crippen LogP contribution in [0.2, 0.25) is 0 Å². The van der Waals surface area contributed by atoms with E-state index in [1.54, 1.807) is 0 Å². The average molecular weight is 369 g/mol. The molecular weight excluding hydrogens is 316 g/mol. The molecule has 26 heavy (non-hydrogen) atoms. The van der Waals surface area contributed by atoms with Gasteiger partial charge in [-0.05, 0) is 29.5 Å². The third kappa shape index (κ3) is 25.3. The molecule has 0 unspecified atom stereocenters. The zero-order valence-corrected chi connectivity index (χ0v) is 20.5. The van der Waals surface area contributed by atoms with Crippen LogP contribution in [0.15, 0.2) is 24.3 Å². The second-order valence-corrected chi connectivity index (χ2v) is 6.68. The number of ether oxygens (including phenoxy) is 1. The number of benzene rings is 1. The Morgan fingerprint density at radius 2 is 1.08 bits per heavy atom. The zero-order chi connectivity index (χ0) is 21.4. The van der Waals surface area contributed by atoms with Crippen molar-refractivity contribution in [3.8, 4) is 5.75 Å². The third-order valence-electron chi connectivity index (χ3n) is 2.90. The first-order valence-corrected chi connectivity index (χ1v) is 11.1. The Morgan fingerprint density at radius 1 is 0.692 bits per heavy atom. The van der Waals surface area contributed by atoms with Gasteiger partial charge in [-0.25, -0.2) is 0 Å². The number of rotatable bonds is 5. The van der Waals surface area contributed by atoms with E-state index in [2.05, 4.69) is 79.7 Å². The molecule has 0 saturated heterocycles. The first-order valence-electron chi connectivity index (χ1n) is 11.1. The molecule has 1 aromatic rings. The summed E-state index contributed by atoms with van der Waals surface area (Å²) in [5.41, 5.74) is 1.57. The highest BCUT2D eigenvalue weighted by molar-refractivity contribution is 5.30. The third-order valence-corrected chi connectivity index (χ3v) is 2.90. The molecule has 0 amide bonds. The second-order valence-electron chi connectivity index (χ2n) is 6.68. The topological polar surface area (TPSA) is 9.23 Å². The quantitative estimate of drug-likeness (QED) is 0.502. The van der Waals surface area contributed by atoms with Gasteiger partial charge in [-0.1, -0.05) is 121 Å². The zero-order valence-electron chi connectivity index (χ0n) is 20.5. The van der Waals surface area contributed by atoms with Crippen molar-refractivity contribution in [1.29, 1.82) is 0 Å². The van der Waals surface area contributed by atoms with Crippen molar-refractivity contribution in [1.82, 2.24) is 0 Å². The summed E-state index contributed by atoms with van der Waals surface area (Å²) in [4.78, 5) is 0. The Bertz CT molecular complexity index is 317. The van der Waals surface area contributed by atoms with Crippen LogP contribution in [0.3, 0.4) is 0 Å². The first kappa shape index (κ1) is 32.7. The maximum atomic E-state index is 5.52. The van der Waals surface area contributed by atoms with Gasteiger partial charge in [-0.15, -0.1) is 0 Å². The van der Waals surface area contributed by atoms with Crippen molar-refractivity contribution >= 4 is 0 Å². The van der Waals surface area contributed by atoms with Crippen LogP contribution in [0.5, 0.6) is 5.75 Å². The Morgan fingerprint density at radius 3 is 1.31 bits per heavy atom. The highest BCUT2D eigenvalue weighted by atomic mass is 16.5. The van der Waals surface area contributed by atoms with Gasteiger partial charge in [0.15, 0.2) is 0 Å². The van der Waals surface area contributed by atoms with E-state index in [0.717, 1.165) is 18.8 Å². The van der Waals surface area contributed by atoms with Gasteiger partial charge in [0.05, 0.1) is 6.61 Å². The average Bonchev–Trinajstić information content (AvgIpc) is 2.65. The lowest BCUT2D eigenvalue weighted by atomic mass is 9.87. The fraction of sp³-hybridized carbons (Fsp3) is 0.760. The molecule has 0 spiro atoms. The van der Waals surface area contributed by atoms with Crippen LogP contribution in [-0.4, -0.2) is 6.61 Å². The van der Waals surface area contributed by atoms with E-state index in [1.807, 2.05) is 27.7 Å². The smallest absolute Gasteiger partial charge is 0.119 e. The molecule has 1 aromatic carbocycles. The van der Waals surface area contributed by atoms with Gasteiger partial charge in [-0.3, -0.25) is 0 Å². The molecule has 1 heteroatoms. The van der Waals surface area contributed by atoms with Crippen LogP contribution >= 0.6 is 0 Å². The maximum Gasteiger partial charge on any atom is 0.119 e. The molecule has 1 nitrogen and oxygen atoms in total. The molecule has 0 aliphatic heterocycles. The summed E-state index contributed by atoms with van der Waals surface area (Å²) in [5, 5.41) is 0. The van der Waals surface area contributed by atoms with E-state index in [1.165, 1.54) is 31.2 Å². The van der Waals surface area contributed by atoms with E-state index >= 15 is 0 Å². The maximum absolute atomic E-state index is 5.52. The van der Waals surface area contributed by atoms with Crippen LogP contribution in [-0.2, 0) is 5.41 Å². The Kier molecular flexibility index (Phi) is 33.0. The predicted molar refractivity (Wildman–Crippen MR) is 125 cm³/mol. The molecule has 158 valence electrons. The highest BCUT2D eigenvalue weighted by Crippen LogP contribution is 2.24. The van der Waals surface area contributed by atoms with Crippen LogP contribution in [0.1, 0.15) is 121 Å². The van der Waals surface area contributed by atoms with Crippen molar-refractivity contribution in [2.45, 2.75) is 121 Å². The van der Waals surface area contributed by atoms with Crippen LogP contribution in [0.25, 0.3) is 0 Å². The van der Waals surface area contributed by atoms with E-state index in [0.29, 0.717) is 0 Å². The molecule has 0 radical (unpaired) electrons. The van der Waals surface area contributed by atoms with Crippen molar-refractivity contribution in [2.24, 2.45) is 0 Å². The van der Waals surface area contributed by atoms with E-state index in [4.69, 9.17) is 4.74 Å². The van der Waals surface area contributed by atoms with Crippen molar-refractivity contribution < 1.29 is 4.74 Å². The highest BCUT2D eigenvalue weighted by Gasteiger charge is 2.12. The number of unbranched alkanes of at least 4 members (excludes halogenated alkanes) is 2. The second kappa shape index (κ2) is 26.3. The Balaban J connectivity index is -0.000000168. The number of hydrogen-bond acceptors (Lipinski definition) is 1. The summed E-state index contributed by atoms with van der Waals surface area (Å²) < 4.78 is 5.52. The lowest BCUT2D eigenvalue weighted by Crippen LogP contribution is -2.10. The predicted octanol–water partition coefficient (Wildman–Crippen LogP) is 9.44. The Labute approximate surface area is 168 Å². The molecule has 0 saturated carbocycles. The van der Waals surface area contributed by atoms with E-state index in [9.17, 15) is 0 Å². The van der Waals surface area contributed by atoms with Crippen molar-refractivity contribution in [3.05, 3.63) is 29.8 Å². The first-order chi connectivity index (χ1) is 12.4. The fourth-order valence-corrected chi connectivity index (χ4v) is 1.62. The molecular formula is C25H52O. The van der Waals surface area contributed by atoms with Crippen LogP contribution < -0.4 is 4.74 Å². The standard InChI is InChI=1S/C13H20O.C5H12.C3H8.2C2H6/c1-5-10-14-12-8-6-11(7-9-12)13(2,3)4;1-3-5-4-2;1-3-2;2*1-2/h6-9H,5,10H2,1-4H3;3-5H2,1-2H3;3H2,1-2H3;2*1-2H3. The molecule has 0 N–H and O–H groups in total. The lowest BCUT2D eigenvalue weighted by Gasteiger charge is -2.19. The molecule has 0 fully saturated rings. The summed E-state index contributed by atoms with van der Waals surface area (Å²) >= 11 is 0.